The molecule has 1 saturated heterocycles. The minimum absolute atomic E-state index is 0.113. The number of carboxylic acids is 1. The lowest BCUT2D eigenvalue weighted by atomic mass is 9.91. The van der Waals surface area contributed by atoms with Gasteiger partial charge in [0.05, 0.1) is 0 Å². The molecule has 0 aromatic carbocycles. The zero-order valence-electron chi connectivity index (χ0n) is 12.3. The minimum atomic E-state index is -0.979. The predicted octanol–water partition coefficient (Wildman–Crippen LogP) is 2.56. The van der Waals surface area contributed by atoms with Crippen LogP contribution < -0.4 is 0 Å². The number of nitrogens with zero attached hydrogens (tertiary/aromatic N) is 2. The number of rotatable bonds is 6. The maximum atomic E-state index is 12.5. The fourth-order valence-electron chi connectivity index (χ4n) is 2.99. The van der Waals surface area contributed by atoms with Gasteiger partial charge in [-0.15, -0.1) is 0 Å². The third-order valence-corrected chi connectivity index (χ3v) is 3.93. The fourth-order valence-corrected chi connectivity index (χ4v) is 2.99. The quantitative estimate of drug-likeness (QED) is 0.807. The summed E-state index contributed by atoms with van der Waals surface area (Å²) in [5.41, 5.74) is -0.979. The fraction of sp³-hybridized carbons (Fsp3) is 0.857. The molecule has 5 nitrogen and oxygen atoms in total. The van der Waals surface area contributed by atoms with Crippen LogP contribution >= 0.6 is 0 Å². The van der Waals surface area contributed by atoms with Crippen LogP contribution in [0.4, 0.5) is 4.79 Å². The van der Waals surface area contributed by atoms with E-state index in [4.69, 9.17) is 0 Å². The van der Waals surface area contributed by atoms with Crippen LogP contribution in [0.5, 0.6) is 0 Å². The third-order valence-electron chi connectivity index (χ3n) is 3.93. The van der Waals surface area contributed by atoms with Gasteiger partial charge in [0.1, 0.15) is 5.54 Å². The van der Waals surface area contributed by atoms with Crippen molar-refractivity contribution in [1.29, 1.82) is 0 Å². The molecule has 110 valence electrons. The second-order valence-electron chi connectivity index (χ2n) is 5.20. The van der Waals surface area contributed by atoms with Crippen LogP contribution in [0.1, 0.15) is 52.9 Å². The Morgan fingerprint density at radius 3 is 2.42 bits per heavy atom. The largest absolute Gasteiger partial charge is 0.479 e. The molecule has 0 radical (unpaired) electrons. The Labute approximate surface area is 115 Å². The van der Waals surface area contributed by atoms with Gasteiger partial charge in [0.25, 0.3) is 0 Å². The third kappa shape index (κ3) is 3.01. The molecule has 1 heterocycles. The number of likely N-dealkylation sites (tertiary alicyclic amines) is 1. The van der Waals surface area contributed by atoms with E-state index in [2.05, 4.69) is 0 Å². The predicted molar refractivity (Wildman–Crippen MR) is 74.1 cm³/mol. The van der Waals surface area contributed by atoms with Crippen LogP contribution in [0, 0.1) is 0 Å². The van der Waals surface area contributed by atoms with Gasteiger partial charge in [0, 0.05) is 19.6 Å². The van der Waals surface area contributed by atoms with Gasteiger partial charge in [-0.1, -0.05) is 20.3 Å². The summed E-state index contributed by atoms with van der Waals surface area (Å²) in [7, 11) is 0. The molecule has 0 bridgehead atoms. The van der Waals surface area contributed by atoms with Gasteiger partial charge in [-0.05, 0) is 32.6 Å². The maximum absolute atomic E-state index is 12.5. The van der Waals surface area contributed by atoms with E-state index >= 15 is 0 Å². The highest BCUT2D eigenvalue weighted by Gasteiger charge is 2.49. The molecule has 1 rings (SSSR count). The highest BCUT2D eigenvalue weighted by atomic mass is 16.4. The summed E-state index contributed by atoms with van der Waals surface area (Å²) in [6, 6.07) is -0.113. The van der Waals surface area contributed by atoms with E-state index in [9.17, 15) is 14.7 Å². The molecule has 0 aliphatic carbocycles. The van der Waals surface area contributed by atoms with Crippen LogP contribution in [0.2, 0.25) is 0 Å². The molecule has 1 unspecified atom stereocenters. The molecule has 1 aliphatic heterocycles. The number of hydrogen-bond donors (Lipinski definition) is 1. The van der Waals surface area contributed by atoms with Crippen LogP contribution in [-0.2, 0) is 4.79 Å². The highest BCUT2D eigenvalue weighted by molar-refractivity contribution is 5.87. The molecule has 1 fully saturated rings. The number of aliphatic carboxylic acids is 1. The zero-order chi connectivity index (χ0) is 14.5. The van der Waals surface area contributed by atoms with E-state index in [1.54, 1.807) is 9.80 Å². The summed E-state index contributed by atoms with van der Waals surface area (Å²) < 4.78 is 0. The van der Waals surface area contributed by atoms with Crippen LogP contribution in [-0.4, -0.2) is 52.1 Å². The number of carbonyl (C=O) groups is 2. The van der Waals surface area contributed by atoms with Gasteiger partial charge >= 0.3 is 12.0 Å². The first-order chi connectivity index (χ1) is 9.03. The van der Waals surface area contributed by atoms with E-state index in [1.165, 1.54) is 0 Å². The van der Waals surface area contributed by atoms with Crippen molar-refractivity contribution in [2.75, 3.05) is 19.6 Å². The van der Waals surface area contributed by atoms with Crippen molar-refractivity contribution in [1.82, 2.24) is 9.80 Å². The SMILES string of the molecule is CCCN(CC)C(=O)N1CCCC1(CCC)C(=O)O. The van der Waals surface area contributed by atoms with E-state index in [1.807, 2.05) is 20.8 Å². The van der Waals surface area contributed by atoms with Gasteiger partial charge in [0.15, 0.2) is 0 Å². The number of carbonyl (C=O) groups excluding carboxylic acids is 1. The summed E-state index contributed by atoms with van der Waals surface area (Å²) in [5, 5.41) is 9.59. The Kier molecular flexibility index (Phi) is 5.63. The Morgan fingerprint density at radius 2 is 1.95 bits per heavy atom. The van der Waals surface area contributed by atoms with E-state index in [0.29, 0.717) is 32.5 Å². The Morgan fingerprint density at radius 1 is 1.26 bits per heavy atom. The standard InChI is InChI=1S/C14H26N2O3/c1-4-8-14(12(17)18)9-7-11-16(14)13(19)15(6-3)10-5-2/h4-11H2,1-3H3,(H,17,18). The van der Waals surface area contributed by atoms with Crippen LogP contribution in [0.25, 0.3) is 0 Å². The molecular weight excluding hydrogens is 244 g/mol. The first-order valence-corrected chi connectivity index (χ1v) is 7.33. The Hall–Kier alpha value is -1.26. The second-order valence-corrected chi connectivity index (χ2v) is 5.20. The van der Waals surface area contributed by atoms with Gasteiger partial charge in [0.2, 0.25) is 0 Å². The van der Waals surface area contributed by atoms with Gasteiger partial charge in [-0.2, -0.15) is 0 Å². The average molecular weight is 270 g/mol. The summed E-state index contributed by atoms with van der Waals surface area (Å²) in [6.45, 7) is 7.81. The first kappa shape index (κ1) is 15.8. The molecule has 2 amide bonds. The smallest absolute Gasteiger partial charge is 0.329 e. The lowest BCUT2D eigenvalue weighted by Gasteiger charge is -2.37. The summed E-state index contributed by atoms with van der Waals surface area (Å²) in [6.07, 6.45) is 3.56. The molecule has 0 spiro atoms. The molecule has 0 saturated carbocycles. The number of urea groups is 1. The molecular formula is C14H26N2O3. The number of hydrogen-bond acceptors (Lipinski definition) is 2. The highest BCUT2D eigenvalue weighted by Crippen LogP contribution is 2.34. The van der Waals surface area contributed by atoms with Crippen molar-refractivity contribution in [2.45, 2.75) is 58.4 Å². The molecule has 0 aromatic heterocycles. The Bertz CT molecular complexity index is 333. The zero-order valence-corrected chi connectivity index (χ0v) is 12.3. The monoisotopic (exact) mass is 270 g/mol. The van der Waals surface area contributed by atoms with Crippen molar-refractivity contribution in [3.05, 3.63) is 0 Å². The van der Waals surface area contributed by atoms with Crippen LogP contribution in [0.15, 0.2) is 0 Å². The normalized spacial score (nSPS) is 22.6. The van der Waals surface area contributed by atoms with Gasteiger partial charge in [-0.3, -0.25) is 0 Å². The van der Waals surface area contributed by atoms with Crippen LogP contribution in [0.3, 0.4) is 0 Å². The topological polar surface area (TPSA) is 60.9 Å². The van der Waals surface area contributed by atoms with E-state index < -0.39 is 11.5 Å². The molecule has 1 aliphatic rings. The van der Waals surface area contributed by atoms with Crippen molar-refractivity contribution >= 4 is 12.0 Å². The van der Waals surface area contributed by atoms with Crippen molar-refractivity contribution in [3.63, 3.8) is 0 Å². The Balaban J connectivity index is 2.95. The van der Waals surface area contributed by atoms with E-state index in [-0.39, 0.29) is 6.03 Å². The summed E-state index contributed by atoms with van der Waals surface area (Å²) >= 11 is 0. The lowest BCUT2D eigenvalue weighted by molar-refractivity contribution is -0.148. The number of carboxylic acid groups (broad SMARTS) is 1. The first-order valence-electron chi connectivity index (χ1n) is 7.33. The molecule has 0 aromatic rings. The number of amides is 2. The molecule has 19 heavy (non-hydrogen) atoms. The van der Waals surface area contributed by atoms with Gasteiger partial charge in [-0.25, -0.2) is 9.59 Å². The molecule has 1 atom stereocenters. The van der Waals surface area contributed by atoms with E-state index in [0.717, 1.165) is 19.3 Å². The molecule has 5 heteroatoms. The van der Waals surface area contributed by atoms with Crippen molar-refractivity contribution < 1.29 is 14.7 Å². The molecule has 1 N–H and O–H groups in total. The lowest BCUT2D eigenvalue weighted by Crippen LogP contribution is -2.56. The maximum Gasteiger partial charge on any atom is 0.329 e. The van der Waals surface area contributed by atoms with Gasteiger partial charge < -0.3 is 14.9 Å². The van der Waals surface area contributed by atoms with Crippen molar-refractivity contribution in [2.24, 2.45) is 0 Å². The minimum Gasteiger partial charge on any atom is -0.479 e. The average Bonchev–Trinajstić information content (AvgIpc) is 2.80. The second kappa shape index (κ2) is 6.78. The summed E-state index contributed by atoms with van der Waals surface area (Å²) in [4.78, 5) is 27.6. The van der Waals surface area contributed by atoms with Crippen molar-refractivity contribution in [3.8, 4) is 0 Å². The summed E-state index contributed by atoms with van der Waals surface area (Å²) in [5.74, 6) is -0.854.